The first-order chi connectivity index (χ1) is 10.4. The lowest BCUT2D eigenvalue weighted by molar-refractivity contribution is 0.195. The minimum absolute atomic E-state index is 0.103. The number of aliphatic hydroxyl groups is 1. The number of nitrogens with zero attached hydrogens (tertiary/aromatic N) is 2. The molecule has 0 atom stereocenters. The molecule has 0 aliphatic carbocycles. The maximum atomic E-state index is 11.4. The van der Waals surface area contributed by atoms with E-state index in [2.05, 4.69) is 4.98 Å². The van der Waals surface area contributed by atoms with Gasteiger partial charge in [0.1, 0.15) is 6.26 Å². The molecule has 7 heteroatoms. The van der Waals surface area contributed by atoms with Gasteiger partial charge in [-0.25, -0.2) is 13.4 Å². The van der Waals surface area contributed by atoms with Crippen LogP contribution in [0.5, 0.6) is 0 Å². The zero-order valence-electron chi connectivity index (χ0n) is 12.7. The van der Waals surface area contributed by atoms with Crippen molar-refractivity contribution in [1.82, 2.24) is 9.88 Å². The van der Waals surface area contributed by atoms with Crippen LogP contribution in [0.2, 0.25) is 0 Å². The number of hydrogen-bond acceptors (Lipinski definition) is 6. The van der Waals surface area contributed by atoms with Crippen molar-refractivity contribution in [3.63, 3.8) is 0 Å². The fraction of sp³-hybridized carbons (Fsp3) is 0.400. The van der Waals surface area contributed by atoms with Crippen LogP contribution >= 0.6 is 0 Å². The molecule has 0 amide bonds. The number of hydrogen-bond donors (Lipinski definition) is 1. The summed E-state index contributed by atoms with van der Waals surface area (Å²) in [5, 5.41) is 8.99. The molecule has 0 aliphatic rings. The maximum absolute atomic E-state index is 11.4. The van der Waals surface area contributed by atoms with E-state index in [4.69, 9.17) is 9.52 Å². The van der Waals surface area contributed by atoms with E-state index in [0.717, 1.165) is 17.8 Å². The summed E-state index contributed by atoms with van der Waals surface area (Å²) in [6, 6.07) is 6.44. The highest BCUT2D eigenvalue weighted by Gasteiger charge is 2.11. The molecular formula is C15H20N2O4S. The Hall–Kier alpha value is -1.70. The molecule has 120 valence electrons. The van der Waals surface area contributed by atoms with Crippen molar-refractivity contribution in [3.8, 4) is 11.5 Å². The second-order valence-electron chi connectivity index (χ2n) is 5.03. The third-order valence-electron chi connectivity index (χ3n) is 3.33. The van der Waals surface area contributed by atoms with Crippen LogP contribution in [0.15, 0.2) is 39.8 Å². The monoisotopic (exact) mass is 324 g/mol. The van der Waals surface area contributed by atoms with E-state index in [9.17, 15) is 8.42 Å². The summed E-state index contributed by atoms with van der Waals surface area (Å²) >= 11 is 0. The first kappa shape index (κ1) is 16.7. The van der Waals surface area contributed by atoms with Gasteiger partial charge >= 0.3 is 0 Å². The van der Waals surface area contributed by atoms with Crippen molar-refractivity contribution in [2.24, 2.45) is 0 Å². The van der Waals surface area contributed by atoms with Crippen LogP contribution in [0.3, 0.4) is 0 Å². The third kappa shape index (κ3) is 4.16. The van der Waals surface area contributed by atoms with Gasteiger partial charge in [-0.3, -0.25) is 4.90 Å². The molecule has 0 radical (unpaired) electrons. The van der Waals surface area contributed by atoms with E-state index in [0.29, 0.717) is 19.0 Å². The lowest BCUT2D eigenvalue weighted by atomic mass is 10.2. The molecule has 0 unspecified atom stereocenters. The summed E-state index contributed by atoms with van der Waals surface area (Å²) in [5.74, 6) is 0.454. The predicted molar refractivity (Wildman–Crippen MR) is 83.1 cm³/mol. The van der Waals surface area contributed by atoms with Gasteiger partial charge in [0, 0.05) is 24.9 Å². The molecule has 1 aromatic heterocycles. The number of aliphatic hydroxyl groups excluding tert-OH is 1. The molecule has 0 bridgehead atoms. The number of sulfone groups is 1. The average molecular weight is 324 g/mol. The second-order valence-corrected chi connectivity index (χ2v) is 7.05. The van der Waals surface area contributed by atoms with Crippen LogP contribution in [0.25, 0.3) is 11.5 Å². The highest BCUT2D eigenvalue weighted by Crippen LogP contribution is 2.21. The van der Waals surface area contributed by atoms with Crippen molar-refractivity contribution in [2.75, 3.05) is 26.0 Å². The molecule has 1 aromatic carbocycles. The van der Waals surface area contributed by atoms with Gasteiger partial charge in [-0.15, -0.1) is 0 Å². The standard InChI is InChI=1S/C15H20N2O4S/c1-3-17(8-9-18)10-13-11-21-15(16-13)12-4-6-14(7-5-12)22(2,19)20/h4-7,11,18H,3,8-10H2,1-2H3. The number of aromatic nitrogens is 1. The fourth-order valence-electron chi connectivity index (χ4n) is 2.08. The van der Waals surface area contributed by atoms with Crippen LogP contribution in [0.4, 0.5) is 0 Å². The Bertz CT molecular complexity index is 707. The van der Waals surface area contributed by atoms with Gasteiger partial charge in [0.15, 0.2) is 9.84 Å². The molecule has 2 aromatic rings. The van der Waals surface area contributed by atoms with Gasteiger partial charge in [0.05, 0.1) is 17.2 Å². The normalized spacial score (nSPS) is 12.0. The van der Waals surface area contributed by atoms with Gasteiger partial charge < -0.3 is 9.52 Å². The fourth-order valence-corrected chi connectivity index (χ4v) is 2.71. The Balaban J connectivity index is 2.14. The predicted octanol–water partition coefficient (Wildman–Crippen LogP) is 1.56. The van der Waals surface area contributed by atoms with E-state index in [-0.39, 0.29) is 11.5 Å². The summed E-state index contributed by atoms with van der Waals surface area (Å²) in [6.45, 7) is 4.11. The van der Waals surface area contributed by atoms with Gasteiger partial charge in [-0.1, -0.05) is 6.92 Å². The Morgan fingerprint density at radius 2 is 1.95 bits per heavy atom. The van der Waals surface area contributed by atoms with E-state index in [1.807, 2.05) is 11.8 Å². The number of oxazole rings is 1. The Kier molecular flexibility index (Phi) is 5.33. The molecule has 1 N–H and O–H groups in total. The first-order valence-corrected chi connectivity index (χ1v) is 8.91. The summed E-state index contributed by atoms with van der Waals surface area (Å²) in [6.07, 6.45) is 2.76. The third-order valence-corrected chi connectivity index (χ3v) is 4.46. The first-order valence-electron chi connectivity index (χ1n) is 7.02. The van der Waals surface area contributed by atoms with Crippen LogP contribution in [-0.4, -0.2) is 49.4 Å². The molecular weight excluding hydrogens is 304 g/mol. The number of rotatable bonds is 7. The van der Waals surface area contributed by atoms with Crippen LogP contribution < -0.4 is 0 Å². The zero-order chi connectivity index (χ0) is 16.2. The summed E-state index contributed by atoms with van der Waals surface area (Å²) in [4.78, 5) is 6.72. The Labute approximate surface area is 130 Å². The largest absolute Gasteiger partial charge is 0.444 e. The molecule has 0 fully saturated rings. The molecule has 0 saturated heterocycles. The summed E-state index contributed by atoms with van der Waals surface area (Å²) < 4.78 is 28.3. The molecule has 0 saturated carbocycles. The summed E-state index contributed by atoms with van der Waals surface area (Å²) in [5.41, 5.74) is 1.50. The minimum Gasteiger partial charge on any atom is -0.444 e. The smallest absolute Gasteiger partial charge is 0.226 e. The SMILES string of the molecule is CCN(CCO)Cc1coc(-c2ccc(S(C)(=O)=O)cc2)n1. The molecule has 22 heavy (non-hydrogen) atoms. The zero-order valence-corrected chi connectivity index (χ0v) is 13.5. The quantitative estimate of drug-likeness (QED) is 0.832. The highest BCUT2D eigenvalue weighted by molar-refractivity contribution is 7.90. The molecule has 0 spiro atoms. The van der Waals surface area contributed by atoms with E-state index < -0.39 is 9.84 Å². The molecule has 6 nitrogen and oxygen atoms in total. The maximum Gasteiger partial charge on any atom is 0.226 e. The number of likely N-dealkylation sites (N-methyl/N-ethyl adjacent to an activating group) is 1. The summed E-state index contributed by atoms with van der Waals surface area (Å²) in [7, 11) is -3.20. The minimum atomic E-state index is -3.20. The molecule has 0 aliphatic heterocycles. The van der Waals surface area contributed by atoms with E-state index in [1.54, 1.807) is 30.5 Å². The van der Waals surface area contributed by atoms with Gasteiger partial charge in [-0.05, 0) is 30.8 Å². The average Bonchev–Trinajstić information content (AvgIpc) is 2.94. The topological polar surface area (TPSA) is 83.6 Å². The Morgan fingerprint density at radius 3 is 2.50 bits per heavy atom. The van der Waals surface area contributed by atoms with Crippen LogP contribution in [-0.2, 0) is 16.4 Å². The van der Waals surface area contributed by atoms with Crippen LogP contribution in [0.1, 0.15) is 12.6 Å². The highest BCUT2D eigenvalue weighted by atomic mass is 32.2. The molecule has 1 heterocycles. The van der Waals surface area contributed by atoms with Crippen molar-refractivity contribution in [3.05, 3.63) is 36.2 Å². The van der Waals surface area contributed by atoms with Crippen molar-refractivity contribution in [2.45, 2.75) is 18.4 Å². The Morgan fingerprint density at radius 1 is 1.27 bits per heavy atom. The van der Waals surface area contributed by atoms with Gasteiger partial charge in [-0.2, -0.15) is 0 Å². The lowest BCUT2D eigenvalue weighted by Crippen LogP contribution is -2.26. The molecule has 2 rings (SSSR count). The van der Waals surface area contributed by atoms with Crippen molar-refractivity contribution >= 4 is 9.84 Å². The van der Waals surface area contributed by atoms with E-state index in [1.165, 1.54) is 6.26 Å². The van der Waals surface area contributed by atoms with Gasteiger partial charge in [0.25, 0.3) is 0 Å². The van der Waals surface area contributed by atoms with E-state index >= 15 is 0 Å². The van der Waals surface area contributed by atoms with Gasteiger partial charge in [0.2, 0.25) is 5.89 Å². The van der Waals surface area contributed by atoms with Crippen molar-refractivity contribution in [1.29, 1.82) is 0 Å². The lowest BCUT2D eigenvalue weighted by Gasteiger charge is -2.16. The van der Waals surface area contributed by atoms with Crippen LogP contribution in [0, 0.1) is 0 Å². The number of benzene rings is 1. The second kappa shape index (κ2) is 7.04. The van der Waals surface area contributed by atoms with Crippen molar-refractivity contribution < 1.29 is 17.9 Å².